The number of aromatic carboxylic acids is 2. The van der Waals surface area contributed by atoms with E-state index in [0.717, 1.165) is 5.56 Å². The molecule has 0 radical (unpaired) electrons. The first-order chi connectivity index (χ1) is 9.59. The maximum absolute atomic E-state index is 11.3. The topological polar surface area (TPSA) is 74.6 Å². The molecule has 0 aliphatic rings. The highest BCUT2D eigenvalue weighted by Gasteiger charge is 2.19. The van der Waals surface area contributed by atoms with Gasteiger partial charge in [-0.25, -0.2) is 9.59 Å². The predicted molar refractivity (Wildman–Crippen MR) is 74.2 cm³/mol. The molecule has 0 saturated carbocycles. The molecule has 0 unspecified atom stereocenters. The van der Waals surface area contributed by atoms with Gasteiger partial charge in [-0.2, -0.15) is 0 Å². The summed E-state index contributed by atoms with van der Waals surface area (Å²) in [6, 6.07) is 14.2. The Morgan fingerprint density at radius 3 is 2.10 bits per heavy atom. The molecule has 0 fully saturated rings. The van der Waals surface area contributed by atoms with Crippen LogP contribution in [-0.2, 0) is 12.8 Å². The van der Waals surface area contributed by atoms with Crippen molar-refractivity contribution in [2.45, 2.75) is 12.8 Å². The zero-order valence-corrected chi connectivity index (χ0v) is 10.7. The highest BCUT2D eigenvalue weighted by atomic mass is 16.4. The molecule has 0 bridgehead atoms. The fraction of sp³-hybridized carbons (Fsp3) is 0.125. The van der Waals surface area contributed by atoms with Crippen LogP contribution in [0.4, 0.5) is 0 Å². The van der Waals surface area contributed by atoms with Gasteiger partial charge < -0.3 is 10.2 Å². The maximum Gasteiger partial charge on any atom is 0.336 e. The number of carbonyl (C=O) groups is 2. The van der Waals surface area contributed by atoms with Crippen molar-refractivity contribution >= 4 is 11.9 Å². The lowest BCUT2D eigenvalue weighted by molar-refractivity contribution is 0.0650. The molecule has 0 atom stereocenters. The van der Waals surface area contributed by atoms with Gasteiger partial charge in [0.15, 0.2) is 0 Å². The van der Waals surface area contributed by atoms with Crippen LogP contribution in [-0.4, -0.2) is 22.2 Å². The summed E-state index contributed by atoms with van der Waals surface area (Å²) in [7, 11) is 0. The molecule has 0 saturated heterocycles. The standard InChI is InChI=1S/C16H14O4/c17-15(18)13-8-4-7-12(14(13)16(19)20)10-9-11-5-2-1-3-6-11/h1-8H,9-10H2,(H,17,18)(H,19,20). The summed E-state index contributed by atoms with van der Waals surface area (Å²) >= 11 is 0. The van der Waals surface area contributed by atoms with Crippen LogP contribution in [0.3, 0.4) is 0 Å². The van der Waals surface area contributed by atoms with Crippen molar-refractivity contribution in [1.29, 1.82) is 0 Å². The van der Waals surface area contributed by atoms with Crippen LogP contribution in [0.1, 0.15) is 31.8 Å². The summed E-state index contributed by atoms with van der Waals surface area (Å²) in [6.45, 7) is 0. The van der Waals surface area contributed by atoms with E-state index < -0.39 is 11.9 Å². The quantitative estimate of drug-likeness (QED) is 0.876. The molecule has 0 aliphatic heterocycles. The van der Waals surface area contributed by atoms with E-state index >= 15 is 0 Å². The van der Waals surface area contributed by atoms with Crippen molar-refractivity contribution in [2.75, 3.05) is 0 Å². The molecule has 2 aromatic carbocycles. The molecule has 0 amide bonds. The van der Waals surface area contributed by atoms with Crippen molar-refractivity contribution in [1.82, 2.24) is 0 Å². The Kier molecular flexibility index (Phi) is 4.15. The normalized spacial score (nSPS) is 10.2. The third-order valence-electron chi connectivity index (χ3n) is 3.12. The van der Waals surface area contributed by atoms with Crippen LogP contribution < -0.4 is 0 Å². The summed E-state index contributed by atoms with van der Waals surface area (Å²) in [5.74, 6) is -2.42. The predicted octanol–water partition coefficient (Wildman–Crippen LogP) is 2.87. The van der Waals surface area contributed by atoms with E-state index in [9.17, 15) is 14.7 Å². The minimum Gasteiger partial charge on any atom is -0.478 e. The second kappa shape index (κ2) is 6.02. The lowest BCUT2D eigenvalue weighted by Crippen LogP contribution is -2.12. The lowest BCUT2D eigenvalue weighted by atomic mass is 9.96. The Hall–Kier alpha value is -2.62. The SMILES string of the molecule is O=C(O)c1cccc(CCc2ccccc2)c1C(=O)O. The zero-order chi connectivity index (χ0) is 14.5. The lowest BCUT2D eigenvalue weighted by Gasteiger charge is -2.09. The van der Waals surface area contributed by atoms with Gasteiger partial charge in [0.1, 0.15) is 0 Å². The maximum atomic E-state index is 11.3. The largest absolute Gasteiger partial charge is 0.478 e. The summed E-state index contributed by atoms with van der Waals surface area (Å²) < 4.78 is 0. The molecule has 2 aromatic rings. The average Bonchev–Trinajstić information content (AvgIpc) is 2.45. The minimum atomic E-state index is -1.22. The van der Waals surface area contributed by atoms with Crippen LogP contribution in [0.15, 0.2) is 48.5 Å². The van der Waals surface area contributed by atoms with Crippen LogP contribution in [0.25, 0.3) is 0 Å². The molecule has 2 rings (SSSR count). The van der Waals surface area contributed by atoms with Crippen LogP contribution >= 0.6 is 0 Å². The van der Waals surface area contributed by atoms with Gasteiger partial charge in [0.25, 0.3) is 0 Å². The van der Waals surface area contributed by atoms with Crippen molar-refractivity contribution in [3.8, 4) is 0 Å². The molecule has 0 heterocycles. The van der Waals surface area contributed by atoms with Crippen molar-refractivity contribution < 1.29 is 19.8 Å². The van der Waals surface area contributed by atoms with Crippen LogP contribution in [0, 0.1) is 0 Å². The van der Waals surface area contributed by atoms with Gasteiger partial charge >= 0.3 is 11.9 Å². The Balaban J connectivity index is 2.30. The summed E-state index contributed by atoms with van der Waals surface area (Å²) in [4.78, 5) is 22.4. The molecule has 20 heavy (non-hydrogen) atoms. The van der Waals surface area contributed by atoms with Gasteiger partial charge in [-0.15, -0.1) is 0 Å². The summed E-state index contributed by atoms with van der Waals surface area (Å²) in [5, 5.41) is 18.3. The minimum absolute atomic E-state index is 0.115. The summed E-state index contributed by atoms with van der Waals surface area (Å²) in [5.41, 5.74) is 1.35. The molecule has 0 aliphatic carbocycles. The number of aryl methyl sites for hydroxylation is 2. The molecule has 0 spiro atoms. The smallest absolute Gasteiger partial charge is 0.336 e. The number of hydrogen-bond acceptors (Lipinski definition) is 2. The zero-order valence-electron chi connectivity index (χ0n) is 10.7. The molecular formula is C16H14O4. The second-order valence-corrected chi connectivity index (χ2v) is 4.44. The van der Waals surface area contributed by atoms with Gasteiger partial charge in [-0.3, -0.25) is 0 Å². The number of carboxylic acid groups (broad SMARTS) is 2. The van der Waals surface area contributed by atoms with E-state index in [4.69, 9.17) is 5.11 Å². The van der Waals surface area contributed by atoms with E-state index in [-0.39, 0.29) is 11.1 Å². The number of carboxylic acids is 2. The first-order valence-corrected chi connectivity index (χ1v) is 6.22. The van der Waals surface area contributed by atoms with Crippen molar-refractivity contribution in [3.63, 3.8) is 0 Å². The molecule has 102 valence electrons. The van der Waals surface area contributed by atoms with E-state index in [2.05, 4.69) is 0 Å². The first kappa shape index (κ1) is 13.8. The Labute approximate surface area is 116 Å². The monoisotopic (exact) mass is 270 g/mol. The second-order valence-electron chi connectivity index (χ2n) is 4.44. The van der Waals surface area contributed by atoms with Crippen molar-refractivity contribution in [3.05, 3.63) is 70.8 Å². The Morgan fingerprint density at radius 1 is 0.800 bits per heavy atom. The van der Waals surface area contributed by atoms with E-state index in [1.165, 1.54) is 6.07 Å². The van der Waals surface area contributed by atoms with E-state index in [1.54, 1.807) is 12.1 Å². The third kappa shape index (κ3) is 3.03. The molecule has 0 aromatic heterocycles. The van der Waals surface area contributed by atoms with Gasteiger partial charge in [-0.05, 0) is 30.0 Å². The van der Waals surface area contributed by atoms with Gasteiger partial charge in [0.05, 0.1) is 11.1 Å². The molecular weight excluding hydrogens is 256 g/mol. The van der Waals surface area contributed by atoms with Crippen LogP contribution in [0.2, 0.25) is 0 Å². The van der Waals surface area contributed by atoms with E-state index in [1.807, 2.05) is 30.3 Å². The van der Waals surface area contributed by atoms with E-state index in [0.29, 0.717) is 18.4 Å². The van der Waals surface area contributed by atoms with Gasteiger partial charge in [-0.1, -0.05) is 42.5 Å². The van der Waals surface area contributed by atoms with Gasteiger partial charge in [0, 0.05) is 0 Å². The fourth-order valence-corrected chi connectivity index (χ4v) is 2.16. The van der Waals surface area contributed by atoms with Gasteiger partial charge in [0.2, 0.25) is 0 Å². The highest BCUT2D eigenvalue weighted by Crippen LogP contribution is 2.17. The van der Waals surface area contributed by atoms with Crippen molar-refractivity contribution in [2.24, 2.45) is 0 Å². The Morgan fingerprint density at radius 2 is 1.50 bits per heavy atom. The van der Waals surface area contributed by atoms with Crippen LogP contribution in [0.5, 0.6) is 0 Å². The summed E-state index contributed by atoms with van der Waals surface area (Å²) in [6.07, 6.45) is 1.16. The molecule has 2 N–H and O–H groups in total. The Bertz CT molecular complexity index is 632. The average molecular weight is 270 g/mol. The highest BCUT2D eigenvalue weighted by molar-refractivity contribution is 6.02. The number of benzene rings is 2. The fourth-order valence-electron chi connectivity index (χ4n) is 2.16. The number of hydrogen-bond donors (Lipinski definition) is 2. The number of rotatable bonds is 5. The molecule has 4 heteroatoms. The molecule has 4 nitrogen and oxygen atoms in total. The third-order valence-corrected chi connectivity index (χ3v) is 3.12. The first-order valence-electron chi connectivity index (χ1n) is 6.22.